The van der Waals surface area contributed by atoms with Gasteiger partial charge in [-0.25, -0.2) is 8.42 Å². The molecule has 0 fully saturated rings. The van der Waals surface area contributed by atoms with Crippen LogP contribution in [0.2, 0.25) is 5.02 Å². The number of nitrogens with one attached hydrogen (secondary N) is 1. The fraction of sp³-hybridized carbons (Fsp3) is 0.316. The minimum atomic E-state index is -3.55. The highest BCUT2D eigenvalue weighted by Crippen LogP contribution is 2.21. The monoisotopic (exact) mass is 394 g/mol. The van der Waals surface area contributed by atoms with E-state index in [9.17, 15) is 13.2 Å². The summed E-state index contributed by atoms with van der Waals surface area (Å²) in [5.74, 6) is -0.324. The van der Waals surface area contributed by atoms with Crippen LogP contribution >= 0.6 is 11.6 Å². The number of nitrogens with zero attached hydrogens (tertiary/aromatic N) is 1. The molecule has 140 valence electrons. The summed E-state index contributed by atoms with van der Waals surface area (Å²) in [7, 11) is -3.55. The van der Waals surface area contributed by atoms with Crippen molar-refractivity contribution in [3.05, 3.63) is 64.7 Å². The van der Waals surface area contributed by atoms with Gasteiger partial charge in [0.2, 0.25) is 15.9 Å². The maximum absolute atomic E-state index is 12.2. The van der Waals surface area contributed by atoms with Crippen LogP contribution < -0.4 is 9.62 Å². The molecule has 0 spiro atoms. The molecule has 0 saturated carbocycles. The normalized spacial score (nSPS) is 11.2. The van der Waals surface area contributed by atoms with Crippen molar-refractivity contribution in [1.29, 1.82) is 0 Å². The molecule has 26 heavy (non-hydrogen) atoms. The molecule has 2 aromatic carbocycles. The number of carbonyl (C=O) groups excluding carboxylic acids is 1. The Balaban J connectivity index is 1.89. The van der Waals surface area contributed by atoms with Crippen molar-refractivity contribution in [2.24, 2.45) is 0 Å². The number of amides is 1. The van der Waals surface area contributed by atoms with Crippen LogP contribution in [0, 0.1) is 6.92 Å². The largest absolute Gasteiger partial charge is 0.355 e. The van der Waals surface area contributed by atoms with Crippen molar-refractivity contribution < 1.29 is 13.2 Å². The van der Waals surface area contributed by atoms with Gasteiger partial charge in [0.1, 0.15) is 6.54 Å². The lowest BCUT2D eigenvalue weighted by Gasteiger charge is -2.23. The van der Waals surface area contributed by atoms with E-state index in [1.54, 1.807) is 12.1 Å². The molecule has 5 nitrogen and oxygen atoms in total. The number of benzene rings is 2. The maximum atomic E-state index is 12.2. The summed E-state index contributed by atoms with van der Waals surface area (Å²) < 4.78 is 25.3. The third-order valence-electron chi connectivity index (χ3n) is 3.95. The summed E-state index contributed by atoms with van der Waals surface area (Å²) in [6.07, 6.45) is 2.68. The summed E-state index contributed by atoms with van der Waals surface area (Å²) in [6, 6.07) is 14.7. The summed E-state index contributed by atoms with van der Waals surface area (Å²) in [5, 5.41) is 3.48. The minimum Gasteiger partial charge on any atom is -0.355 e. The molecule has 0 atom stereocenters. The van der Waals surface area contributed by atoms with Crippen molar-refractivity contribution >= 4 is 33.2 Å². The SMILES string of the molecule is Cc1ccccc1N(CC(=O)NCCCc1ccc(Cl)cc1)S(C)(=O)=O. The highest BCUT2D eigenvalue weighted by molar-refractivity contribution is 7.92. The van der Waals surface area contributed by atoms with Gasteiger partial charge < -0.3 is 5.32 Å². The Morgan fingerprint density at radius 1 is 1.12 bits per heavy atom. The summed E-state index contributed by atoms with van der Waals surface area (Å²) in [5.41, 5.74) is 2.46. The number of carbonyl (C=O) groups is 1. The Bertz CT molecular complexity index is 851. The highest BCUT2D eigenvalue weighted by atomic mass is 35.5. The lowest BCUT2D eigenvalue weighted by molar-refractivity contribution is -0.119. The number of para-hydroxylation sites is 1. The lowest BCUT2D eigenvalue weighted by Crippen LogP contribution is -2.41. The molecule has 2 rings (SSSR count). The molecule has 0 saturated heterocycles. The average Bonchev–Trinajstić information content (AvgIpc) is 2.58. The number of rotatable bonds is 8. The first-order valence-electron chi connectivity index (χ1n) is 8.32. The van der Waals surface area contributed by atoms with Crippen molar-refractivity contribution in [3.63, 3.8) is 0 Å². The summed E-state index contributed by atoms with van der Waals surface area (Å²) in [6.45, 7) is 2.06. The molecular weight excluding hydrogens is 372 g/mol. The average molecular weight is 395 g/mol. The van der Waals surface area contributed by atoms with E-state index in [1.165, 1.54) is 0 Å². The van der Waals surface area contributed by atoms with E-state index in [-0.39, 0.29) is 12.5 Å². The first-order chi connectivity index (χ1) is 12.3. The molecule has 2 aromatic rings. The highest BCUT2D eigenvalue weighted by Gasteiger charge is 2.21. The summed E-state index contributed by atoms with van der Waals surface area (Å²) >= 11 is 5.85. The Morgan fingerprint density at radius 2 is 1.77 bits per heavy atom. The third kappa shape index (κ3) is 6.04. The molecule has 7 heteroatoms. The van der Waals surface area contributed by atoms with Crippen LogP contribution in [0.5, 0.6) is 0 Å². The van der Waals surface area contributed by atoms with Gasteiger partial charge in [0.15, 0.2) is 0 Å². The van der Waals surface area contributed by atoms with E-state index >= 15 is 0 Å². The van der Waals surface area contributed by atoms with E-state index in [1.807, 2.05) is 43.3 Å². The van der Waals surface area contributed by atoms with Crippen LogP contribution in [0.3, 0.4) is 0 Å². The Hall–Kier alpha value is -2.05. The Kier molecular flexibility index (Phi) is 7.06. The molecule has 0 heterocycles. The summed E-state index contributed by atoms with van der Waals surface area (Å²) in [4.78, 5) is 12.2. The maximum Gasteiger partial charge on any atom is 0.240 e. The predicted molar refractivity (Wildman–Crippen MR) is 106 cm³/mol. The Morgan fingerprint density at radius 3 is 2.38 bits per heavy atom. The van der Waals surface area contributed by atoms with Gasteiger partial charge in [0.05, 0.1) is 11.9 Å². The number of halogens is 1. The molecule has 0 aromatic heterocycles. The zero-order valence-corrected chi connectivity index (χ0v) is 16.5. The van der Waals surface area contributed by atoms with Gasteiger partial charge in [-0.1, -0.05) is 41.9 Å². The van der Waals surface area contributed by atoms with Gasteiger partial charge in [-0.2, -0.15) is 0 Å². The predicted octanol–water partition coefficient (Wildman–Crippen LogP) is 3.16. The van der Waals surface area contributed by atoms with Gasteiger partial charge in [-0.3, -0.25) is 9.10 Å². The second-order valence-electron chi connectivity index (χ2n) is 6.14. The van der Waals surface area contributed by atoms with Crippen LogP contribution in [-0.2, 0) is 21.2 Å². The molecule has 0 bridgehead atoms. The number of sulfonamides is 1. The number of aryl methyl sites for hydroxylation is 2. The molecule has 0 aliphatic carbocycles. The van der Waals surface area contributed by atoms with Crippen LogP contribution in [0.1, 0.15) is 17.5 Å². The van der Waals surface area contributed by atoms with E-state index in [0.717, 1.165) is 34.5 Å². The van der Waals surface area contributed by atoms with Crippen molar-refractivity contribution in [2.75, 3.05) is 23.7 Å². The molecular formula is C19H23ClN2O3S. The first-order valence-corrected chi connectivity index (χ1v) is 10.5. The van der Waals surface area contributed by atoms with Crippen LogP contribution in [0.4, 0.5) is 5.69 Å². The minimum absolute atomic E-state index is 0.232. The van der Waals surface area contributed by atoms with Gasteiger partial charge in [0.25, 0.3) is 0 Å². The molecule has 0 unspecified atom stereocenters. The van der Waals surface area contributed by atoms with Gasteiger partial charge in [0, 0.05) is 11.6 Å². The quantitative estimate of drug-likeness (QED) is 0.699. The van der Waals surface area contributed by atoms with Gasteiger partial charge >= 0.3 is 0 Å². The smallest absolute Gasteiger partial charge is 0.240 e. The second kappa shape index (κ2) is 9.05. The van der Waals surface area contributed by atoms with E-state index in [0.29, 0.717) is 17.3 Å². The second-order valence-corrected chi connectivity index (χ2v) is 8.48. The molecule has 1 N–H and O–H groups in total. The zero-order chi connectivity index (χ0) is 19.2. The lowest BCUT2D eigenvalue weighted by atomic mass is 10.1. The van der Waals surface area contributed by atoms with Crippen LogP contribution in [0.25, 0.3) is 0 Å². The standard InChI is InChI=1S/C19H23ClN2O3S/c1-15-6-3-4-8-18(15)22(26(2,24)25)14-19(23)21-13-5-7-16-9-11-17(20)12-10-16/h3-4,6,8-12H,5,7,13-14H2,1-2H3,(H,21,23). The molecule has 0 aliphatic heterocycles. The topological polar surface area (TPSA) is 66.5 Å². The fourth-order valence-electron chi connectivity index (χ4n) is 2.58. The first kappa shape index (κ1) is 20.3. The van der Waals surface area contributed by atoms with Crippen LogP contribution in [-0.4, -0.2) is 33.7 Å². The third-order valence-corrected chi connectivity index (χ3v) is 5.33. The van der Waals surface area contributed by atoms with Crippen molar-refractivity contribution in [3.8, 4) is 0 Å². The van der Waals surface area contributed by atoms with Gasteiger partial charge in [-0.15, -0.1) is 0 Å². The van der Waals surface area contributed by atoms with E-state index in [2.05, 4.69) is 5.32 Å². The zero-order valence-electron chi connectivity index (χ0n) is 14.9. The van der Waals surface area contributed by atoms with Crippen molar-refractivity contribution in [2.45, 2.75) is 19.8 Å². The van der Waals surface area contributed by atoms with Gasteiger partial charge in [-0.05, 0) is 49.1 Å². The number of anilines is 1. The molecule has 0 aliphatic rings. The van der Waals surface area contributed by atoms with E-state index < -0.39 is 10.0 Å². The molecule has 1 amide bonds. The van der Waals surface area contributed by atoms with Crippen LogP contribution in [0.15, 0.2) is 48.5 Å². The number of hydrogen-bond donors (Lipinski definition) is 1. The Labute approximate surface area is 160 Å². The number of hydrogen-bond acceptors (Lipinski definition) is 3. The van der Waals surface area contributed by atoms with Crippen molar-refractivity contribution in [1.82, 2.24) is 5.32 Å². The molecule has 0 radical (unpaired) electrons. The van der Waals surface area contributed by atoms with E-state index in [4.69, 9.17) is 11.6 Å². The fourth-order valence-corrected chi connectivity index (χ4v) is 3.62.